The van der Waals surface area contributed by atoms with Gasteiger partial charge in [-0.05, 0) is 12.1 Å². The van der Waals surface area contributed by atoms with E-state index in [4.69, 9.17) is 16.0 Å². The van der Waals surface area contributed by atoms with E-state index in [9.17, 15) is 10.1 Å². The van der Waals surface area contributed by atoms with Gasteiger partial charge in [0.25, 0.3) is 0 Å². The van der Waals surface area contributed by atoms with Gasteiger partial charge in [-0.3, -0.25) is 10.1 Å². The summed E-state index contributed by atoms with van der Waals surface area (Å²) in [4.78, 5) is 9.35. The molecule has 5 heteroatoms. The van der Waals surface area contributed by atoms with Crippen LogP contribution in [0.25, 0.3) is 6.08 Å². The average molecular weight is 188 g/mol. The molecule has 0 fully saturated rings. The molecule has 0 spiro atoms. The maximum atomic E-state index is 9.90. The Morgan fingerprint density at radius 1 is 1.67 bits per heavy atom. The summed E-state index contributed by atoms with van der Waals surface area (Å²) in [5.74, 6) is 1.30. The van der Waals surface area contributed by atoms with Gasteiger partial charge >= 0.3 is 0 Å². The monoisotopic (exact) mass is 187 g/mol. The first-order valence-electron chi connectivity index (χ1n) is 3.19. The maximum Gasteiger partial charge on any atom is 0.238 e. The van der Waals surface area contributed by atoms with E-state index < -0.39 is 4.92 Å². The first-order chi connectivity index (χ1) is 5.72. The minimum atomic E-state index is -0.553. The Hall–Kier alpha value is -1.29. The lowest BCUT2D eigenvalue weighted by Gasteiger charge is -1.83. The Bertz CT molecular complexity index is 305. The second kappa shape index (κ2) is 3.92. The van der Waals surface area contributed by atoms with Crippen LogP contribution in [0, 0.1) is 10.1 Å². The highest BCUT2D eigenvalue weighted by molar-refractivity contribution is 6.16. The molecule has 0 saturated heterocycles. The molecule has 12 heavy (non-hydrogen) atoms. The summed E-state index contributed by atoms with van der Waals surface area (Å²) in [6, 6.07) is 3.30. The van der Waals surface area contributed by atoms with Crippen molar-refractivity contribution in [1.82, 2.24) is 0 Å². The molecule has 0 aromatic carbocycles. The highest BCUT2D eigenvalue weighted by atomic mass is 35.5. The zero-order valence-corrected chi connectivity index (χ0v) is 6.82. The number of nitro groups is 1. The van der Waals surface area contributed by atoms with Gasteiger partial charge in [0.15, 0.2) is 0 Å². The Morgan fingerprint density at radius 2 is 2.42 bits per heavy atom. The summed E-state index contributed by atoms with van der Waals surface area (Å²) in [6.07, 6.45) is 2.09. The zero-order chi connectivity index (χ0) is 8.97. The van der Waals surface area contributed by atoms with Crippen molar-refractivity contribution in [2.75, 3.05) is 0 Å². The lowest BCUT2D eigenvalue weighted by Crippen LogP contribution is -1.80. The van der Waals surface area contributed by atoms with Crippen molar-refractivity contribution in [3.8, 4) is 0 Å². The third-order valence-electron chi connectivity index (χ3n) is 1.17. The SMILES string of the molecule is O=[N+]([O-])/C=C\c1ccc(CCl)o1. The van der Waals surface area contributed by atoms with Gasteiger partial charge < -0.3 is 4.42 Å². The fraction of sp³-hybridized carbons (Fsp3) is 0.143. The molecule has 0 saturated carbocycles. The van der Waals surface area contributed by atoms with Crippen molar-refractivity contribution in [2.45, 2.75) is 5.88 Å². The normalized spacial score (nSPS) is 10.8. The summed E-state index contributed by atoms with van der Waals surface area (Å²) in [7, 11) is 0. The average Bonchev–Trinajstić information content (AvgIpc) is 2.48. The van der Waals surface area contributed by atoms with E-state index in [-0.39, 0.29) is 5.88 Å². The van der Waals surface area contributed by atoms with Crippen LogP contribution in [0.1, 0.15) is 11.5 Å². The predicted molar refractivity (Wildman–Crippen MR) is 44.3 cm³/mol. The van der Waals surface area contributed by atoms with Crippen LogP contribution in [0.5, 0.6) is 0 Å². The molecular weight excluding hydrogens is 182 g/mol. The van der Waals surface area contributed by atoms with Crippen LogP contribution in [0.4, 0.5) is 0 Å². The smallest absolute Gasteiger partial charge is 0.238 e. The zero-order valence-electron chi connectivity index (χ0n) is 6.07. The quantitative estimate of drug-likeness (QED) is 0.414. The lowest BCUT2D eigenvalue weighted by molar-refractivity contribution is -0.401. The fourth-order valence-corrected chi connectivity index (χ4v) is 0.834. The topological polar surface area (TPSA) is 56.3 Å². The molecule has 1 heterocycles. The van der Waals surface area contributed by atoms with E-state index in [0.29, 0.717) is 11.5 Å². The van der Waals surface area contributed by atoms with Gasteiger partial charge in [-0.25, -0.2) is 0 Å². The molecule has 4 nitrogen and oxygen atoms in total. The van der Waals surface area contributed by atoms with E-state index in [1.807, 2.05) is 0 Å². The van der Waals surface area contributed by atoms with Crippen molar-refractivity contribution in [3.63, 3.8) is 0 Å². The maximum absolute atomic E-state index is 9.90. The Kier molecular flexibility index (Phi) is 2.88. The summed E-state index contributed by atoms with van der Waals surface area (Å²) in [6.45, 7) is 0. The molecule has 64 valence electrons. The van der Waals surface area contributed by atoms with Crippen LogP contribution in [0.3, 0.4) is 0 Å². The van der Waals surface area contributed by atoms with Gasteiger partial charge in [-0.2, -0.15) is 0 Å². The van der Waals surface area contributed by atoms with Crippen LogP contribution < -0.4 is 0 Å². The molecule has 0 N–H and O–H groups in total. The van der Waals surface area contributed by atoms with Crippen LogP contribution in [-0.4, -0.2) is 4.92 Å². The van der Waals surface area contributed by atoms with Crippen LogP contribution in [0.2, 0.25) is 0 Å². The lowest BCUT2D eigenvalue weighted by atomic mass is 10.4. The van der Waals surface area contributed by atoms with Crippen molar-refractivity contribution in [1.29, 1.82) is 0 Å². The number of alkyl halides is 1. The molecule has 1 rings (SSSR count). The Morgan fingerprint density at radius 3 is 2.92 bits per heavy atom. The highest BCUT2D eigenvalue weighted by Gasteiger charge is 1.97. The standard InChI is InChI=1S/C7H6ClNO3/c8-5-7-2-1-6(12-7)3-4-9(10)11/h1-4H,5H2/b4-3-. The highest BCUT2D eigenvalue weighted by Crippen LogP contribution is 2.11. The van der Waals surface area contributed by atoms with Crippen LogP contribution in [0.15, 0.2) is 22.7 Å². The van der Waals surface area contributed by atoms with E-state index >= 15 is 0 Å². The molecule has 0 aliphatic carbocycles. The second-order valence-electron chi connectivity index (χ2n) is 2.04. The number of halogens is 1. The molecule has 1 aromatic rings. The Balaban J connectivity index is 2.70. The van der Waals surface area contributed by atoms with Gasteiger partial charge in [-0.1, -0.05) is 0 Å². The van der Waals surface area contributed by atoms with E-state index in [0.717, 1.165) is 6.20 Å². The summed E-state index contributed by atoms with van der Waals surface area (Å²) >= 11 is 5.45. The van der Waals surface area contributed by atoms with E-state index in [2.05, 4.69) is 0 Å². The van der Waals surface area contributed by atoms with Gasteiger partial charge in [0.1, 0.15) is 11.5 Å². The number of hydrogen-bond donors (Lipinski definition) is 0. The second-order valence-corrected chi connectivity index (χ2v) is 2.31. The fourth-order valence-electron chi connectivity index (χ4n) is 0.690. The summed E-state index contributed by atoms with van der Waals surface area (Å²) in [5, 5.41) is 9.90. The largest absolute Gasteiger partial charge is 0.460 e. The number of furan rings is 1. The van der Waals surface area contributed by atoms with Crippen LogP contribution in [-0.2, 0) is 5.88 Å². The molecule has 0 radical (unpaired) electrons. The molecule has 0 aliphatic rings. The van der Waals surface area contributed by atoms with E-state index in [1.165, 1.54) is 6.08 Å². The Labute approximate surface area is 73.6 Å². The minimum absolute atomic E-state index is 0.270. The minimum Gasteiger partial charge on any atom is -0.460 e. The number of nitrogens with zero attached hydrogens (tertiary/aromatic N) is 1. The van der Waals surface area contributed by atoms with Crippen molar-refractivity contribution < 1.29 is 9.34 Å². The van der Waals surface area contributed by atoms with Gasteiger partial charge in [0, 0.05) is 0 Å². The predicted octanol–water partition coefficient (Wildman–Crippen LogP) is 2.27. The van der Waals surface area contributed by atoms with Crippen molar-refractivity contribution in [2.24, 2.45) is 0 Å². The van der Waals surface area contributed by atoms with Crippen LogP contribution >= 0.6 is 11.6 Å². The molecule has 0 aliphatic heterocycles. The number of rotatable bonds is 3. The molecule has 0 amide bonds. The molecule has 0 unspecified atom stereocenters. The molecule has 0 bridgehead atoms. The van der Waals surface area contributed by atoms with Gasteiger partial charge in [0.2, 0.25) is 6.20 Å². The third-order valence-corrected chi connectivity index (χ3v) is 1.44. The van der Waals surface area contributed by atoms with Crippen molar-refractivity contribution >= 4 is 17.7 Å². The van der Waals surface area contributed by atoms with Gasteiger partial charge in [0.05, 0.1) is 16.9 Å². The summed E-state index contributed by atoms with van der Waals surface area (Å²) in [5.41, 5.74) is 0. The summed E-state index contributed by atoms with van der Waals surface area (Å²) < 4.78 is 5.06. The molecule has 1 aromatic heterocycles. The van der Waals surface area contributed by atoms with Gasteiger partial charge in [-0.15, -0.1) is 11.6 Å². The number of hydrogen-bond acceptors (Lipinski definition) is 3. The van der Waals surface area contributed by atoms with Crippen molar-refractivity contribution in [3.05, 3.63) is 40.0 Å². The first kappa shape index (κ1) is 8.80. The first-order valence-corrected chi connectivity index (χ1v) is 3.72. The van der Waals surface area contributed by atoms with E-state index in [1.54, 1.807) is 12.1 Å². The molecule has 0 atom stereocenters. The molecular formula is C7H6ClNO3. The third kappa shape index (κ3) is 2.39.